The van der Waals surface area contributed by atoms with E-state index in [-0.39, 0.29) is 16.1 Å². The summed E-state index contributed by atoms with van der Waals surface area (Å²) >= 11 is 5.49. The van der Waals surface area contributed by atoms with Crippen LogP contribution < -0.4 is 9.46 Å². The van der Waals surface area contributed by atoms with Crippen molar-refractivity contribution >= 4 is 32.6 Å². The molecule has 2 rings (SSSR count). The fourth-order valence-corrected chi connectivity index (χ4v) is 3.16. The molecule has 0 spiro atoms. The Bertz CT molecular complexity index is 818. The SMILES string of the molecule is COc1cccc(S(=O)(=O)Nc2cc(C)ccc2C(=O)Cl)c1. The molecule has 0 aromatic heterocycles. The van der Waals surface area contributed by atoms with Crippen LogP contribution in [0.25, 0.3) is 0 Å². The molecule has 0 unspecified atom stereocenters. The standard InChI is InChI=1S/C15H14ClNO4S/c1-10-6-7-13(15(16)18)14(8-10)17-22(19,20)12-5-3-4-11(9-12)21-2/h3-9,17H,1-2H3. The van der Waals surface area contributed by atoms with E-state index < -0.39 is 15.3 Å². The molecular weight excluding hydrogens is 326 g/mol. The van der Waals surface area contributed by atoms with Crippen LogP contribution in [-0.2, 0) is 10.0 Å². The van der Waals surface area contributed by atoms with Crippen LogP contribution in [-0.4, -0.2) is 20.8 Å². The Morgan fingerprint density at radius 1 is 1.18 bits per heavy atom. The molecule has 1 N–H and O–H groups in total. The van der Waals surface area contributed by atoms with E-state index in [1.807, 2.05) is 0 Å². The van der Waals surface area contributed by atoms with Gasteiger partial charge in [-0.2, -0.15) is 0 Å². The topological polar surface area (TPSA) is 72.5 Å². The lowest BCUT2D eigenvalue weighted by molar-refractivity contribution is 0.108. The molecule has 2 aromatic rings. The van der Waals surface area contributed by atoms with E-state index in [2.05, 4.69) is 4.72 Å². The third-order valence-electron chi connectivity index (χ3n) is 2.98. The number of carbonyl (C=O) groups is 1. The summed E-state index contributed by atoms with van der Waals surface area (Å²) in [5.41, 5.74) is 1.03. The van der Waals surface area contributed by atoms with Gasteiger partial charge in [0.2, 0.25) is 0 Å². The van der Waals surface area contributed by atoms with Gasteiger partial charge < -0.3 is 4.74 Å². The van der Waals surface area contributed by atoms with E-state index in [1.165, 1.54) is 25.3 Å². The van der Waals surface area contributed by atoms with Gasteiger partial charge in [0, 0.05) is 6.07 Å². The summed E-state index contributed by atoms with van der Waals surface area (Å²) in [6.45, 7) is 1.78. The van der Waals surface area contributed by atoms with E-state index in [4.69, 9.17) is 16.3 Å². The average Bonchev–Trinajstić information content (AvgIpc) is 2.46. The highest BCUT2D eigenvalue weighted by Gasteiger charge is 2.18. The third kappa shape index (κ3) is 3.58. The molecule has 0 amide bonds. The molecule has 0 aliphatic heterocycles. The van der Waals surface area contributed by atoms with Crippen LogP contribution >= 0.6 is 11.6 Å². The van der Waals surface area contributed by atoms with Gasteiger partial charge in [-0.15, -0.1) is 0 Å². The summed E-state index contributed by atoms with van der Waals surface area (Å²) in [7, 11) is -2.41. The monoisotopic (exact) mass is 339 g/mol. The predicted molar refractivity (Wildman–Crippen MR) is 85.2 cm³/mol. The van der Waals surface area contributed by atoms with Gasteiger partial charge in [0.05, 0.1) is 23.3 Å². The number of carbonyl (C=O) groups excluding carboxylic acids is 1. The number of anilines is 1. The largest absolute Gasteiger partial charge is 0.497 e. The minimum absolute atomic E-state index is 0.0290. The maximum atomic E-state index is 12.4. The number of sulfonamides is 1. The van der Waals surface area contributed by atoms with Gasteiger partial charge in [0.15, 0.2) is 0 Å². The van der Waals surface area contributed by atoms with Crippen molar-refractivity contribution in [1.29, 1.82) is 0 Å². The Morgan fingerprint density at radius 2 is 1.91 bits per heavy atom. The minimum Gasteiger partial charge on any atom is -0.497 e. The van der Waals surface area contributed by atoms with E-state index in [9.17, 15) is 13.2 Å². The summed E-state index contributed by atoms with van der Waals surface area (Å²) in [5, 5.41) is -0.733. The highest BCUT2D eigenvalue weighted by Crippen LogP contribution is 2.24. The van der Waals surface area contributed by atoms with Crippen LogP contribution in [0.2, 0.25) is 0 Å². The van der Waals surface area contributed by atoms with Gasteiger partial charge in [-0.05, 0) is 48.4 Å². The van der Waals surface area contributed by atoms with Crippen molar-refractivity contribution in [3.8, 4) is 5.75 Å². The summed E-state index contributed by atoms with van der Waals surface area (Å²) in [5.74, 6) is 0.417. The maximum Gasteiger partial charge on any atom is 0.262 e. The van der Waals surface area contributed by atoms with Gasteiger partial charge in [-0.1, -0.05) is 12.1 Å². The fourth-order valence-electron chi connectivity index (χ4n) is 1.89. The minimum atomic E-state index is -3.86. The third-order valence-corrected chi connectivity index (χ3v) is 4.55. The number of hydrogen-bond donors (Lipinski definition) is 1. The lowest BCUT2D eigenvalue weighted by atomic mass is 10.1. The number of ether oxygens (including phenoxy) is 1. The fraction of sp³-hybridized carbons (Fsp3) is 0.133. The molecule has 0 heterocycles. The highest BCUT2D eigenvalue weighted by atomic mass is 35.5. The Balaban J connectivity index is 2.44. The normalized spacial score (nSPS) is 11.0. The van der Waals surface area contributed by atoms with E-state index in [0.29, 0.717) is 5.75 Å². The molecular formula is C15H14ClNO4S. The molecule has 0 saturated carbocycles. The zero-order valence-corrected chi connectivity index (χ0v) is 13.5. The molecule has 116 valence electrons. The Hall–Kier alpha value is -2.05. The van der Waals surface area contributed by atoms with Crippen molar-refractivity contribution in [2.45, 2.75) is 11.8 Å². The number of benzene rings is 2. The molecule has 0 radical (unpaired) electrons. The summed E-state index contributed by atoms with van der Waals surface area (Å²) < 4.78 is 32.3. The van der Waals surface area contributed by atoms with Crippen LogP contribution in [0.1, 0.15) is 15.9 Å². The summed E-state index contributed by atoms with van der Waals surface area (Å²) in [4.78, 5) is 11.4. The summed E-state index contributed by atoms with van der Waals surface area (Å²) in [6, 6.07) is 10.7. The number of hydrogen-bond acceptors (Lipinski definition) is 4. The van der Waals surface area contributed by atoms with E-state index in [1.54, 1.807) is 31.2 Å². The molecule has 7 heteroatoms. The molecule has 0 fully saturated rings. The van der Waals surface area contributed by atoms with Gasteiger partial charge in [-0.25, -0.2) is 8.42 Å². The zero-order chi connectivity index (χ0) is 16.3. The predicted octanol–water partition coefficient (Wildman–Crippen LogP) is 3.18. The number of aryl methyl sites for hydroxylation is 1. The van der Waals surface area contributed by atoms with Crippen molar-refractivity contribution < 1.29 is 17.9 Å². The molecule has 0 aliphatic carbocycles. The van der Waals surface area contributed by atoms with Crippen molar-refractivity contribution in [2.75, 3.05) is 11.8 Å². The lowest BCUT2D eigenvalue weighted by Gasteiger charge is -2.12. The van der Waals surface area contributed by atoms with E-state index in [0.717, 1.165) is 5.56 Å². The van der Waals surface area contributed by atoms with Crippen molar-refractivity contribution in [2.24, 2.45) is 0 Å². The number of nitrogens with one attached hydrogen (secondary N) is 1. The summed E-state index contributed by atoms with van der Waals surface area (Å²) in [6.07, 6.45) is 0. The first-order chi connectivity index (χ1) is 10.3. The van der Waals surface area contributed by atoms with E-state index >= 15 is 0 Å². The van der Waals surface area contributed by atoms with Crippen LogP contribution in [0.3, 0.4) is 0 Å². The molecule has 22 heavy (non-hydrogen) atoms. The van der Waals surface area contributed by atoms with Gasteiger partial charge >= 0.3 is 0 Å². The van der Waals surface area contributed by atoms with Crippen molar-refractivity contribution in [3.63, 3.8) is 0 Å². The first-order valence-electron chi connectivity index (χ1n) is 6.31. The Labute approximate surface area is 133 Å². The second-order valence-corrected chi connectivity index (χ2v) is 6.63. The van der Waals surface area contributed by atoms with Crippen LogP contribution in [0.4, 0.5) is 5.69 Å². The number of rotatable bonds is 5. The van der Waals surface area contributed by atoms with Crippen molar-refractivity contribution in [1.82, 2.24) is 0 Å². The second-order valence-electron chi connectivity index (χ2n) is 4.61. The highest BCUT2D eigenvalue weighted by molar-refractivity contribution is 7.92. The first kappa shape index (κ1) is 16.3. The first-order valence-corrected chi connectivity index (χ1v) is 8.17. The Kier molecular flexibility index (Phi) is 4.73. The quantitative estimate of drug-likeness (QED) is 0.849. The molecule has 0 bridgehead atoms. The maximum absolute atomic E-state index is 12.4. The number of halogens is 1. The second kappa shape index (κ2) is 6.37. The van der Waals surface area contributed by atoms with Gasteiger partial charge in [0.25, 0.3) is 15.3 Å². The molecule has 0 saturated heterocycles. The Morgan fingerprint density at radius 3 is 2.55 bits per heavy atom. The molecule has 5 nitrogen and oxygen atoms in total. The molecule has 0 aliphatic rings. The van der Waals surface area contributed by atoms with Crippen LogP contribution in [0.5, 0.6) is 5.75 Å². The number of methoxy groups -OCH3 is 1. The molecule has 2 aromatic carbocycles. The van der Waals surface area contributed by atoms with Crippen LogP contribution in [0, 0.1) is 6.92 Å². The average molecular weight is 340 g/mol. The smallest absolute Gasteiger partial charge is 0.262 e. The zero-order valence-electron chi connectivity index (χ0n) is 12.0. The molecule has 0 atom stereocenters. The lowest BCUT2D eigenvalue weighted by Crippen LogP contribution is -2.15. The van der Waals surface area contributed by atoms with Crippen LogP contribution in [0.15, 0.2) is 47.4 Å². The van der Waals surface area contributed by atoms with Gasteiger partial charge in [-0.3, -0.25) is 9.52 Å². The van der Waals surface area contributed by atoms with Crippen molar-refractivity contribution in [3.05, 3.63) is 53.6 Å². The van der Waals surface area contributed by atoms with Gasteiger partial charge in [0.1, 0.15) is 5.75 Å².